The summed E-state index contributed by atoms with van der Waals surface area (Å²) in [6, 6.07) is 19.0. The molecule has 0 aliphatic carbocycles. The Morgan fingerprint density at radius 1 is 0.639 bits per heavy atom. The molecule has 1 aliphatic rings. The van der Waals surface area contributed by atoms with Crippen molar-refractivity contribution in [2.75, 3.05) is 54.2 Å². The van der Waals surface area contributed by atoms with Crippen LogP contribution in [0.3, 0.4) is 0 Å². The molecule has 36 heavy (non-hydrogen) atoms. The molecule has 2 aromatic carbocycles. The fraction of sp³-hybridized carbons (Fsp3) is 0.519. The van der Waals surface area contributed by atoms with Gasteiger partial charge in [0.25, 0.3) is 0 Å². The molecule has 2 N–H and O–H groups in total. The first kappa shape index (κ1) is 28.0. The molecule has 0 radical (unpaired) electrons. The largest absolute Gasteiger partial charge is 0.382 e. The van der Waals surface area contributed by atoms with E-state index < -0.39 is 12.2 Å². The topological polar surface area (TPSA) is 96.5 Å². The molecule has 0 bridgehead atoms. The van der Waals surface area contributed by atoms with Gasteiger partial charge in [-0.1, -0.05) is 60.7 Å². The van der Waals surface area contributed by atoms with Crippen molar-refractivity contribution in [3.63, 3.8) is 0 Å². The predicted octanol–water partition coefficient (Wildman–Crippen LogP) is 2.53. The summed E-state index contributed by atoms with van der Waals surface area (Å²) in [6.07, 6.45) is 0.122. The Morgan fingerprint density at radius 2 is 1.06 bits per heavy atom. The molecule has 198 valence electrons. The van der Waals surface area contributed by atoms with Gasteiger partial charge < -0.3 is 39.1 Å². The lowest BCUT2D eigenvalue weighted by Gasteiger charge is -2.34. The van der Waals surface area contributed by atoms with Crippen LogP contribution in [0.4, 0.5) is 4.79 Å². The Balaban J connectivity index is 1.83. The van der Waals surface area contributed by atoms with Gasteiger partial charge in [-0.15, -0.1) is 0 Å². The van der Waals surface area contributed by atoms with Gasteiger partial charge in [-0.25, -0.2) is 4.79 Å². The van der Waals surface area contributed by atoms with Crippen molar-refractivity contribution in [1.29, 1.82) is 0 Å². The van der Waals surface area contributed by atoms with Crippen molar-refractivity contribution < 1.29 is 33.2 Å². The van der Waals surface area contributed by atoms with Crippen molar-refractivity contribution >= 4 is 6.03 Å². The zero-order valence-corrected chi connectivity index (χ0v) is 21.1. The molecule has 1 fully saturated rings. The average Bonchev–Trinajstić information content (AvgIpc) is 3.00. The quantitative estimate of drug-likeness (QED) is 0.269. The molecule has 2 aromatic rings. The SMILES string of the molecule is COCCOCO[C@@H]1[C@@H](OCOCCOC)[C@@H](Cc2ccccc2)NC(=O)N[C@@H]1Cc1ccccc1. The summed E-state index contributed by atoms with van der Waals surface area (Å²) in [6.45, 7) is 1.80. The minimum absolute atomic E-state index is 0.0393. The van der Waals surface area contributed by atoms with Crippen LogP contribution in [-0.2, 0) is 41.3 Å². The zero-order valence-electron chi connectivity index (χ0n) is 21.1. The first-order valence-electron chi connectivity index (χ1n) is 12.2. The molecule has 1 aliphatic heterocycles. The number of carbonyl (C=O) groups is 1. The Kier molecular flexibility index (Phi) is 12.7. The minimum Gasteiger partial charge on any atom is -0.382 e. The van der Waals surface area contributed by atoms with E-state index in [0.717, 1.165) is 11.1 Å². The van der Waals surface area contributed by atoms with Crippen molar-refractivity contribution in [3.05, 3.63) is 71.8 Å². The van der Waals surface area contributed by atoms with Gasteiger partial charge in [0.1, 0.15) is 25.8 Å². The number of methoxy groups -OCH3 is 2. The first-order valence-corrected chi connectivity index (χ1v) is 12.2. The number of carbonyl (C=O) groups excluding carboxylic acids is 1. The molecule has 0 unspecified atom stereocenters. The van der Waals surface area contributed by atoms with Crippen LogP contribution in [0.1, 0.15) is 11.1 Å². The van der Waals surface area contributed by atoms with E-state index in [-0.39, 0.29) is 31.7 Å². The smallest absolute Gasteiger partial charge is 0.315 e. The van der Waals surface area contributed by atoms with Crippen molar-refractivity contribution in [2.45, 2.75) is 37.1 Å². The molecule has 0 aromatic heterocycles. The number of urea groups is 1. The number of ether oxygens (including phenoxy) is 6. The third-order valence-electron chi connectivity index (χ3n) is 5.90. The highest BCUT2D eigenvalue weighted by atomic mass is 16.7. The van der Waals surface area contributed by atoms with Crippen LogP contribution < -0.4 is 10.6 Å². The minimum atomic E-state index is -0.508. The molecule has 1 heterocycles. The number of nitrogens with one attached hydrogen (secondary N) is 2. The van der Waals surface area contributed by atoms with Crippen LogP contribution in [0, 0.1) is 0 Å². The third-order valence-corrected chi connectivity index (χ3v) is 5.90. The van der Waals surface area contributed by atoms with Crippen molar-refractivity contribution in [1.82, 2.24) is 10.6 Å². The van der Waals surface area contributed by atoms with E-state index in [0.29, 0.717) is 39.3 Å². The second kappa shape index (κ2) is 16.3. The number of amides is 2. The fourth-order valence-electron chi connectivity index (χ4n) is 4.15. The summed E-state index contributed by atoms with van der Waals surface area (Å²) in [5, 5.41) is 6.18. The number of hydrogen-bond donors (Lipinski definition) is 2. The summed E-state index contributed by atoms with van der Waals surface area (Å²) in [4.78, 5) is 13.0. The van der Waals surface area contributed by atoms with E-state index >= 15 is 0 Å². The molecular formula is C27H38N2O7. The summed E-state index contributed by atoms with van der Waals surface area (Å²) in [7, 11) is 3.24. The second-order valence-electron chi connectivity index (χ2n) is 8.51. The third kappa shape index (κ3) is 9.50. The Bertz CT molecular complexity index is 786. The van der Waals surface area contributed by atoms with Gasteiger partial charge in [-0.3, -0.25) is 0 Å². The maximum Gasteiger partial charge on any atom is 0.315 e. The number of benzene rings is 2. The molecule has 4 atom stereocenters. The van der Waals surface area contributed by atoms with Gasteiger partial charge in [0.2, 0.25) is 0 Å². The van der Waals surface area contributed by atoms with E-state index in [4.69, 9.17) is 28.4 Å². The van der Waals surface area contributed by atoms with Crippen LogP contribution in [0.15, 0.2) is 60.7 Å². The fourth-order valence-corrected chi connectivity index (χ4v) is 4.15. The molecule has 0 saturated carbocycles. The highest BCUT2D eigenvalue weighted by Crippen LogP contribution is 2.22. The summed E-state index contributed by atoms with van der Waals surface area (Å²) in [5.74, 6) is 0. The van der Waals surface area contributed by atoms with Crippen LogP contribution in [0.5, 0.6) is 0 Å². The maximum absolute atomic E-state index is 13.0. The Labute approximate surface area is 213 Å². The highest BCUT2D eigenvalue weighted by molar-refractivity contribution is 5.75. The van der Waals surface area contributed by atoms with Crippen LogP contribution >= 0.6 is 0 Å². The average molecular weight is 503 g/mol. The Morgan fingerprint density at radius 3 is 1.44 bits per heavy atom. The zero-order chi connectivity index (χ0) is 25.4. The monoisotopic (exact) mass is 502 g/mol. The van der Waals surface area contributed by atoms with Crippen molar-refractivity contribution in [2.24, 2.45) is 0 Å². The van der Waals surface area contributed by atoms with Gasteiger partial charge in [0, 0.05) is 14.2 Å². The molecule has 1 saturated heterocycles. The van der Waals surface area contributed by atoms with E-state index in [1.807, 2.05) is 60.7 Å². The van der Waals surface area contributed by atoms with E-state index in [9.17, 15) is 4.79 Å². The van der Waals surface area contributed by atoms with Gasteiger partial charge >= 0.3 is 6.03 Å². The predicted molar refractivity (Wildman–Crippen MR) is 135 cm³/mol. The molecule has 0 spiro atoms. The molecular weight excluding hydrogens is 464 g/mol. The molecule has 9 heteroatoms. The van der Waals surface area contributed by atoms with Crippen LogP contribution in [0.2, 0.25) is 0 Å². The first-order chi connectivity index (χ1) is 17.7. The van der Waals surface area contributed by atoms with Gasteiger partial charge in [-0.2, -0.15) is 0 Å². The standard InChI is InChI=1S/C27H38N2O7/c1-31-13-15-33-19-35-25-23(17-21-9-5-3-6-10-21)28-27(30)29-24(18-22-11-7-4-8-12-22)26(25)36-20-34-16-14-32-2/h3-12,23-26H,13-20H2,1-2H3,(H2,28,29,30)/t23-,24-,25+,26+/m1/s1. The molecule has 3 rings (SSSR count). The van der Waals surface area contributed by atoms with Gasteiger partial charge in [-0.05, 0) is 24.0 Å². The lowest BCUT2D eigenvalue weighted by molar-refractivity contribution is -0.182. The number of hydrogen-bond acceptors (Lipinski definition) is 7. The highest BCUT2D eigenvalue weighted by Gasteiger charge is 2.41. The molecule has 9 nitrogen and oxygen atoms in total. The van der Waals surface area contributed by atoms with E-state index in [1.165, 1.54) is 0 Å². The van der Waals surface area contributed by atoms with E-state index in [2.05, 4.69) is 10.6 Å². The Hall–Kier alpha value is -2.53. The summed E-state index contributed by atoms with van der Waals surface area (Å²) >= 11 is 0. The number of rotatable bonds is 16. The van der Waals surface area contributed by atoms with Crippen LogP contribution in [-0.4, -0.2) is 84.6 Å². The van der Waals surface area contributed by atoms with Gasteiger partial charge in [0.15, 0.2) is 0 Å². The summed E-state index contributed by atoms with van der Waals surface area (Å²) < 4.78 is 33.9. The van der Waals surface area contributed by atoms with Gasteiger partial charge in [0.05, 0.1) is 38.5 Å². The summed E-state index contributed by atoms with van der Waals surface area (Å²) in [5.41, 5.74) is 2.15. The lowest BCUT2D eigenvalue weighted by atomic mass is 9.92. The lowest BCUT2D eigenvalue weighted by Crippen LogP contribution is -2.52. The second-order valence-corrected chi connectivity index (χ2v) is 8.51. The normalized spacial score (nSPS) is 22.0. The molecule has 2 amide bonds. The maximum atomic E-state index is 13.0. The van der Waals surface area contributed by atoms with Crippen molar-refractivity contribution in [3.8, 4) is 0 Å². The van der Waals surface area contributed by atoms with Crippen LogP contribution in [0.25, 0.3) is 0 Å². The van der Waals surface area contributed by atoms with E-state index in [1.54, 1.807) is 14.2 Å².